The fourth-order valence-electron chi connectivity index (χ4n) is 4.15. The van der Waals surface area contributed by atoms with Crippen molar-refractivity contribution in [3.05, 3.63) is 55.1 Å². The van der Waals surface area contributed by atoms with Gasteiger partial charge in [-0.1, -0.05) is 23.4 Å². The Balaban J connectivity index is 1.55. The van der Waals surface area contributed by atoms with Crippen molar-refractivity contribution in [2.24, 2.45) is 5.92 Å². The molecule has 9 nitrogen and oxygen atoms in total. The molecule has 154 valence electrons. The second-order valence-electron chi connectivity index (χ2n) is 7.50. The summed E-state index contributed by atoms with van der Waals surface area (Å²) < 4.78 is 7.05. The molecule has 1 aromatic carbocycles. The van der Waals surface area contributed by atoms with Crippen molar-refractivity contribution < 1.29 is 9.53 Å². The van der Waals surface area contributed by atoms with Gasteiger partial charge in [0.1, 0.15) is 0 Å². The summed E-state index contributed by atoms with van der Waals surface area (Å²) in [6.07, 6.45) is 8.81. The lowest BCUT2D eigenvalue weighted by Gasteiger charge is -2.41. The molecule has 2 aromatic heterocycles. The highest BCUT2D eigenvalue weighted by Crippen LogP contribution is 2.41. The number of benzene rings is 1. The summed E-state index contributed by atoms with van der Waals surface area (Å²) >= 11 is 0. The highest BCUT2D eigenvalue weighted by atomic mass is 16.5. The molecule has 1 atom stereocenters. The SMILES string of the molecule is O=C1C(n2ccnn2)N(c2ccccc2)c2nccnc2N1CCC1CCOCC1. The molecule has 2 aliphatic heterocycles. The van der Waals surface area contributed by atoms with E-state index in [2.05, 4.69) is 20.3 Å². The summed E-state index contributed by atoms with van der Waals surface area (Å²) in [5, 5.41) is 8.06. The van der Waals surface area contributed by atoms with Crippen molar-refractivity contribution in [1.29, 1.82) is 0 Å². The normalized spacial score (nSPS) is 19.7. The first-order chi connectivity index (χ1) is 14.8. The van der Waals surface area contributed by atoms with E-state index in [0.29, 0.717) is 24.1 Å². The van der Waals surface area contributed by atoms with Crippen LogP contribution in [0.3, 0.4) is 0 Å². The molecule has 0 aliphatic carbocycles. The van der Waals surface area contributed by atoms with Crippen LogP contribution in [-0.2, 0) is 9.53 Å². The average molecular weight is 405 g/mol. The van der Waals surface area contributed by atoms with Gasteiger partial charge in [-0.25, -0.2) is 14.6 Å². The number of amides is 1. The van der Waals surface area contributed by atoms with Crippen LogP contribution in [0.15, 0.2) is 55.1 Å². The molecular formula is C21H23N7O2. The van der Waals surface area contributed by atoms with Gasteiger partial charge >= 0.3 is 0 Å². The molecule has 0 radical (unpaired) electrons. The Bertz CT molecular complexity index is 990. The number of rotatable bonds is 5. The Morgan fingerprint density at radius 1 is 1.00 bits per heavy atom. The minimum Gasteiger partial charge on any atom is -0.381 e. The fraction of sp³-hybridized carbons (Fsp3) is 0.381. The van der Waals surface area contributed by atoms with Gasteiger partial charge in [0.2, 0.25) is 6.17 Å². The Kier molecular flexibility index (Phi) is 5.10. The smallest absolute Gasteiger partial charge is 0.274 e. The Hall–Kier alpha value is -3.33. The van der Waals surface area contributed by atoms with Crippen LogP contribution < -0.4 is 9.80 Å². The summed E-state index contributed by atoms with van der Waals surface area (Å²) in [6, 6.07) is 9.72. The fourth-order valence-corrected chi connectivity index (χ4v) is 4.15. The van der Waals surface area contributed by atoms with Crippen molar-refractivity contribution in [2.75, 3.05) is 29.6 Å². The molecule has 4 heterocycles. The van der Waals surface area contributed by atoms with Crippen molar-refractivity contribution in [1.82, 2.24) is 25.0 Å². The van der Waals surface area contributed by atoms with Crippen molar-refractivity contribution >= 4 is 23.2 Å². The van der Waals surface area contributed by atoms with Crippen LogP contribution in [0.2, 0.25) is 0 Å². The quantitative estimate of drug-likeness (QED) is 0.644. The van der Waals surface area contributed by atoms with E-state index >= 15 is 0 Å². The van der Waals surface area contributed by atoms with Gasteiger partial charge in [-0.3, -0.25) is 14.6 Å². The maximum absolute atomic E-state index is 13.7. The number of hydrogen-bond donors (Lipinski definition) is 0. The van der Waals surface area contributed by atoms with Gasteiger partial charge in [0.05, 0.1) is 6.20 Å². The van der Waals surface area contributed by atoms with E-state index in [4.69, 9.17) is 4.74 Å². The first-order valence-corrected chi connectivity index (χ1v) is 10.2. The third kappa shape index (κ3) is 3.41. The third-order valence-corrected chi connectivity index (χ3v) is 5.70. The molecule has 5 rings (SSSR count). The topological polar surface area (TPSA) is 89.3 Å². The molecule has 3 aromatic rings. The van der Waals surface area contributed by atoms with Crippen LogP contribution >= 0.6 is 0 Å². The van der Waals surface area contributed by atoms with Crippen LogP contribution in [-0.4, -0.2) is 50.6 Å². The van der Waals surface area contributed by atoms with Gasteiger partial charge in [0.25, 0.3) is 5.91 Å². The Morgan fingerprint density at radius 3 is 2.50 bits per heavy atom. The zero-order chi connectivity index (χ0) is 20.3. The van der Waals surface area contributed by atoms with Gasteiger partial charge in [0, 0.05) is 44.0 Å². The van der Waals surface area contributed by atoms with E-state index in [-0.39, 0.29) is 5.91 Å². The number of carbonyl (C=O) groups is 1. The van der Waals surface area contributed by atoms with Crippen LogP contribution in [0.4, 0.5) is 17.3 Å². The number of carbonyl (C=O) groups excluding carboxylic acids is 1. The molecule has 0 bridgehead atoms. The van der Waals surface area contributed by atoms with Crippen LogP contribution in [0.25, 0.3) is 0 Å². The van der Waals surface area contributed by atoms with E-state index in [0.717, 1.165) is 38.2 Å². The van der Waals surface area contributed by atoms with E-state index < -0.39 is 6.17 Å². The number of anilines is 3. The zero-order valence-electron chi connectivity index (χ0n) is 16.5. The second-order valence-corrected chi connectivity index (χ2v) is 7.50. The lowest BCUT2D eigenvalue weighted by Crippen LogP contribution is -2.50. The number of ether oxygens (including phenoxy) is 1. The summed E-state index contributed by atoms with van der Waals surface area (Å²) in [6.45, 7) is 2.17. The van der Waals surface area contributed by atoms with Crippen LogP contribution in [0.1, 0.15) is 25.4 Å². The first-order valence-electron chi connectivity index (χ1n) is 10.2. The summed E-state index contributed by atoms with van der Waals surface area (Å²) in [7, 11) is 0. The molecule has 1 unspecified atom stereocenters. The van der Waals surface area contributed by atoms with Gasteiger partial charge in [-0.05, 0) is 37.3 Å². The maximum Gasteiger partial charge on any atom is 0.274 e. The minimum atomic E-state index is -0.714. The van der Waals surface area contributed by atoms with Gasteiger partial charge in [-0.2, -0.15) is 0 Å². The van der Waals surface area contributed by atoms with Gasteiger partial charge < -0.3 is 4.74 Å². The number of fused-ring (bicyclic) bond motifs is 1. The molecule has 0 N–H and O–H groups in total. The molecule has 1 saturated heterocycles. The van der Waals surface area contributed by atoms with Crippen LogP contribution in [0, 0.1) is 5.92 Å². The average Bonchev–Trinajstić information content (AvgIpc) is 3.33. The van der Waals surface area contributed by atoms with Crippen LogP contribution in [0.5, 0.6) is 0 Å². The van der Waals surface area contributed by atoms with E-state index in [1.165, 1.54) is 0 Å². The summed E-state index contributed by atoms with van der Waals surface area (Å²) in [5.41, 5.74) is 0.845. The largest absolute Gasteiger partial charge is 0.381 e. The molecule has 1 fully saturated rings. The second kappa shape index (κ2) is 8.19. The zero-order valence-corrected chi connectivity index (χ0v) is 16.5. The highest BCUT2D eigenvalue weighted by molar-refractivity contribution is 6.04. The molecule has 1 amide bonds. The molecule has 0 spiro atoms. The lowest BCUT2D eigenvalue weighted by atomic mass is 9.96. The Morgan fingerprint density at radius 2 is 1.77 bits per heavy atom. The van der Waals surface area contributed by atoms with E-state index in [1.807, 2.05) is 35.2 Å². The maximum atomic E-state index is 13.7. The number of hydrogen-bond acceptors (Lipinski definition) is 7. The standard InChI is InChI=1S/C21H23N7O2/c29-21-20(27-13-11-24-25-27)28(17-4-2-1-3-5-17)19-18(22-9-10-23-19)26(21)12-6-16-7-14-30-15-8-16/h1-5,9-11,13,16,20H,6-8,12,14-15H2. The predicted molar refractivity (Wildman–Crippen MR) is 110 cm³/mol. The molecule has 9 heteroatoms. The van der Waals surface area contributed by atoms with Crippen molar-refractivity contribution in [2.45, 2.75) is 25.4 Å². The predicted octanol–water partition coefficient (Wildman–Crippen LogP) is 2.57. The third-order valence-electron chi connectivity index (χ3n) is 5.70. The molecule has 0 saturated carbocycles. The molecule has 30 heavy (non-hydrogen) atoms. The monoisotopic (exact) mass is 405 g/mol. The van der Waals surface area contributed by atoms with Crippen molar-refractivity contribution in [3.8, 4) is 0 Å². The van der Waals surface area contributed by atoms with Crippen molar-refractivity contribution in [3.63, 3.8) is 0 Å². The van der Waals surface area contributed by atoms with E-state index in [9.17, 15) is 4.79 Å². The Labute approximate surface area is 174 Å². The summed E-state index contributed by atoms with van der Waals surface area (Å²) in [5.74, 6) is 1.67. The first kappa shape index (κ1) is 18.7. The minimum absolute atomic E-state index is 0.0931. The number of nitrogens with zero attached hydrogens (tertiary/aromatic N) is 7. The van der Waals surface area contributed by atoms with Gasteiger partial charge in [-0.15, -0.1) is 5.10 Å². The molecular weight excluding hydrogens is 382 g/mol. The number of para-hydroxylation sites is 1. The molecule has 2 aliphatic rings. The lowest BCUT2D eigenvalue weighted by molar-refractivity contribution is -0.122. The van der Waals surface area contributed by atoms with E-state index in [1.54, 1.807) is 34.4 Å². The highest BCUT2D eigenvalue weighted by Gasteiger charge is 2.42. The number of aromatic nitrogens is 5. The summed E-state index contributed by atoms with van der Waals surface area (Å²) in [4.78, 5) is 26.5. The van der Waals surface area contributed by atoms with Gasteiger partial charge in [0.15, 0.2) is 11.6 Å².